The molecule has 0 atom stereocenters. The minimum absolute atomic E-state index is 0.145. The lowest BCUT2D eigenvalue weighted by Gasteiger charge is -2.22. The van der Waals surface area contributed by atoms with Gasteiger partial charge >= 0.3 is 6.03 Å². The number of anilines is 1. The Morgan fingerprint density at radius 1 is 1.07 bits per heavy atom. The van der Waals surface area contributed by atoms with Crippen molar-refractivity contribution in [2.24, 2.45) is 0 Å². The molecule has 0 aliphatic heterocycles. The number of ether oxygens (including phenoxy) is 1. The summed E-state index contributed by atoms with van der Waals surface area (Å²) in [5.74, 6) is 0.755. The summed E-state index contributed by atoms with van der Waals surface area (Å²) in [5, 5.41) is 14.7. The Balaban J connectivity index is 1.50. The van der Waals surface area contributed by atoms with Gasteiger partial charge in [0, 0.05) is 11.7 Å². The lowest BCUT2D eigenvalue weighted by atomic mass is 9.96. The third-order valence-corrected chi connectivity index (χ3v) is 4.74. The Labute approximate surface area is 160 Å². The molecular weight excluding hydrogens is 338 g/mol. The zero-order chi connectivity index (χ0) is 18.9. The number of amides is 2. The van der Waals surface area contributed by atoms with Crippen LogP contribution in [0.2, 0.25) is 0 Å². The lowest BCUT2D eigenvalue weighted by Crippen LogP contribution is -2.39. The topological polar surface area (TPSA) is 74.1 Å². The zero-order valence-electron chi connectivity index (χ0n) is 15.4. The van der Waals surface area contributed by atoms with Crippen LogP contribution < -0.4 is 15.4 Å². The van der Waals surface area contributed by atoms with Gasteiger partial charge < -0.3 is 15.4 Å². The molecule has 2 aromatic carbocycles. The first-order valence-electron chi connectivity index (χ1n) is 9.48. The molecule has 5 nitrogen and oxygen atoms in total. The Morgan fingerprint density at radius 3 is 2.59 bits per heavy atom. The van der Waals surface area contributed by atoms with E-state index in [4.69, 9.17) is 10.00 Å². The molecule has 2 N–H and O–H groups in total. The first-order chi connectivity index (χ1) is 13.2. The molecule has 0 aromatic heterocycles. The fourth-order valence-corrected chi connectivity index (χ4v) is 3.30. The summed E-state index contributed by atoms with van der Waals surface area (Å²) in [5.41, 5.74) is 2.71. The van der Waals surface area contributed by atoms with E-state index in [9.17, 15) is 4.79 Å². The van der Waals surface area contributed by atoms with Crippen LogP contribution in [0.25, 0.3) is 0 Å². The smallest absolute Gasteiger partial charge is 0.319 e. The summed E-state index contributed by atoms with van der Waals surface area (Å²) in [7, 11) is 0. The van der Waals surface area contributed by atoms with Crippen LogP contribution in [0.15, 0.2) is 48.5 Å². The van der Waals surface area contributed by atoms with E-state index in [-0.39, 0.29) is 12.1 Å². The second kappa shape index (κ2) is 9.63. The standard InChI is InChI=1S/C22H25N3O2/c23-14-13-17-9-11-21(12-10-17)27-16-18-5-4-8-20(15-18)25-22(26)24-19-6-2-1-3-7-19/h4-5,8-12,15,19H,1-3,6-7,13,16H2,(H2,24,25,26). The number of urea groups is 1. The van der Waals surface area contributed by atoms with Crippen LogP contribution in [-0.2, 0) is 13.0 Å². The van der Waals surface area contributed by atoms with Gasteiger partial charge in [0.2, 0.25) is 0 Å². The van der Waals surface area contributed by atoms with Crippen LogP contribution in [0.1, 0.15) is 43.2 Å². The quantitative estimate of drug-likeness (QED) is 0.775. The highest BCUT2D eigenvalue weighted by Gasteiger charge is 2.15. The molecule has 0 spiro atoms. The van der Waals surface area contributed by atoms with E-state index >= 15 is 0 Å². The molecule has 1 saturated carbocycles. The third-order valence-electron chi connectivity index (χ3n) is 4.74. The maximum absolute atomic E-state index is 12.2. The zero-order valence-corrected chi connectivity index (χ0v) is 15.4. The number of carbonyl (C=O) groups excluding carboxylic acids is 1. The Hall–Kier alpha value is -3.00. The van der Waals surface area contributed by atoms with Crippen molar-refractivity contribution in [2.45, 2.75) is 51.2 Å². The summed E-state index contributed by atoms with van der Waals surface area (Å²) >= 11 is 0. The fourth-order valence-electron chi connectivity index (χ4n) is 3.30. The first-order valence-corrected chi connectivity index (χ1v) is 9.48. The molecular formula is C22H25N3O2. The summed E-state index contributed by atoms with van der Waals surface area (Å²) in [6, 6.07) is 17.5. The number of nitrogens with one attached hydrogen (secondary N) is 2. The number of hydrogen-bond acceptors (Lipinski definition) is 3. The highest BCUT2D eigenvalue weighted by Crippen LogP contribution is 2.19. The normalized spacial score (nSPS) is 14.2. The lowest BCUT2D eigenvalue weighted by molar-refractivity contribution is 0.244. The predicted molar refractivity (Wildman–Crippen MR) is 106 cm³/mol. The van der Waals surface area contributed by atoms with Crippen molar-refractivity contribution in [3.8, 4) is 11.8 Å². The molecule has 0 radical (unpaired) electrons. The maximum atomic E-state index is 12.2. The van der Waals surface area contributed by atoms with Crippen LogP contribution in [-0.4, -0.2) is 12.1 Å². The largest absolute Gasteiger partial charge is 0.489 e. The Kier molecular flexibility index (Phi) is 6.70. The van der Waals surface area contributed by atoms with Crippen LogP contribution in [0.4, 0.5) is 10.5 Å². The molecule has 140 valence electrons. The fraction of sp³-hybridized carbons (Fsp3) is 0.364. The third kappa shape index (κ3) is 6.03. The monoisotopic (exact) mass is 363 g/mol. The van der Waals surface area contributed by atoms with E-state index in [0.717, 1.165) is 35.4 Å². The van der Waals surface area contributed by atoms with E-state index in [1.807, 2.05) is 48.5 Å². The molecule has 0 bridgehead atoms. The predicted octanol–water partition coefficient (Wildman–Crippen LogP) is 4.79. The Morgan fingerprint density at radius 2 is 1.85 bits per heavy atom. The van der Waals surface area contributed by atoms with Crippen molar-refractivity contribution in [2.75, 3.05) is 5.32 Å². The molecule has 0 unspecified atom stereocenters. The van der Waals surface area contributed by atoms with E-state index in [1.165, 1.54) is 19.3 Å². The van der Waals surface area contributed by atoms with Crippen molar-refractivity contribution in [3.05, 3.63) is 59.7 Å². The van der Waals surface area contributed by atoms with Gasteiger partial charge in [0.25, 0.3) is 0 Å². The second-order valence-electron chi connectivity index (χ2n) is 6.90. The van der Waals surface area contributed by atoms with Crippen molar-refractivity contribution in [3.63, 3.8) is 0 Å². The average Bonchev–Trinajstić information content (AvgIpc) is 2.69. The van der Waals surface area contributed by atoms with E-state index < -0.39 is 0 Å². The first kappa shape index (κ1) is 18.8. The van der Waals surface area contributed by atoms with Crippen molar-refractivity contribution in [1.82, 2.24) is 5.32 Å². The molecule has 0 heterocycles. The summed E-state index contributed by atoms with van der Waals surface area (Å²) in [4.78, 5) is 12.2. The van der Waals surface area contributed by atoms with E-state index in [2.05, 4.69) is 16.7 Å². The molecule has 0 saturated heterocycles. The van der Waals surface area contributed by atoms with Gasteiger partial charge in [-0.25, -0.2) is 4.79 Å². The molecule has 2 amide bonds. The molecule has 3 rings (SSSR count). The van der Waals surface area contributed by atoms with Gasteiger partial charge in [0.1, 0.15) is 12.4 Å². The average molecular weight is 363 g/mol. The number of nitrogens with zero attached hydrogens (tertiary/aromatic N) is 1. The van der Waals surface area contributed by atoms with Crippen molar-refractivity contribution < 1.29 is 9.53 Å². The highest BCUT2D eigenvalue weighted by atomic mass is 16.5. The molecule has 2 aromatic rings. The van der Waals surface area contributed by atoms with Crippen LogP contribution in [0.3, 0.4) is 0 Å². The molecule has 1 aliphatic carbocycles. The summed E-state index contributed by atoms with van der Waals surface area (Å²) in [6.07, 6.45) is 6.17. The minimum Gasteiger partial charge on any atom is -0.489 e. The van der Waals surface area contributed by atoms with Crippen molar-refractivity contribution >= 4 is 11.7 Å². The van der Waals surface area contributed by atoms with Gasteiger partial charge in [0.05, 0.1) is 12.5 Å². The Bertz CT molecular complexity index is 790. The van der Waals surface area contributed by atoms with E-state index in [0.29, 0.717) is 13.0 Å². The van der Waals surface area contributed by atoms with Crippen molar-refractivity contribution in [1.29, 1.82) is 5.26 Å². The van der Waals surface area contributed by atoms with Gasteiger partial charge in [-0.3, -0.25) is 0 Å². The van der Waals surface area contributed by atoms with Gasteiger partial charge in [-0.15, -0.1) is 0 Å². The highest BCUT2D eigenvalue weighted by molar-refractivity contribution is 5.89. The van der Waals surface area contributed by atoms with Gasteiger partial charge in [-0.05, 0) is 48.2 Å². The van der Waals surface area contributed by atoms with Crippen LogP contribution in [0, 0.1) is 11.3 Å². The summed E-state index contributed by atoms with van der Waals surface area (Å²) < 4.78 is 5.80. The number of hydrogen-bond donors (Lipinski definition) is 2. The number of rotatable bonds is 6. The molecule has 1 fully saturated rings. The number of benzene rings is 2. The van der Waals surface area contributed by atoms with Gasteiger partial charge in [-0.2, -0.15) is 5.26 Å². The molecule has 1 aliphatic rings. The van der Waals surface area contributed by atoms with Crippen LogP contribution >= 0.6 is 0 Å². The maximum Gasteiger partial charge on any atom is 0.319 e. The number of nitriles is 1. The van der Waals surface area contributed by atoms with Gasteiger partial charge in [-0.1, -0.05) is 43.5 Å². The molecule has 27 heavy (non-hydrogen) atoms. The molecule has 5 heteroatoms. The second-order valence-corrected chi connectivity index (χ2v) is 6.90. The van der Waals surface area contributed by atoms with Crippen LogP contribution in [0.5, 0.6) is 5.75 Å². The summed E-state index contributed by atoms with van der Waals surface area (Å²) in [6.45, 7) is 0.414. The minimum atomic E-state index is -0.145. The van der Waals surface area contributed by atoms with E-state index in [1.54, 1.807) is 0 Å². The SMILES string of the molecule is N#CCc1ccc(OCc2cccc(NC(=O)NC3CCCCC3)c2)cc1. The van der Waals surface area contributed by atoms with Gasteiger partial charge in [0.15, 0.2) is 0 Å². The number of carbonyl (C=O) groups is 1.